The Morgan fingerprint density at radius 2 is 0.514 bits per heavy atom. The average Bonchev–Trinajstić information content (AvgIpc) is 3.36. The monoisotopic (exact) mass is 983 g/mol. The zero-order valence-corrected chi connectivity index (χ0v) is 47.1. The van der Waals surface area contributed by atoms with E-state index in [1.807, 2.05) is 0 Å². The van der Waals surface area contributed by atoms with Gasteiger partial charge in [-0.25, -0.2) is 0 Å². The largest absolute Gasteiger partial charge is 0.462 e. The van der Waals surface area contributed by atoms with Crippen LogP contribution in [0.15, 0.2) is 36.5 Å². The Labute approximate surface area is 435 Å². The zero-order chi connectivity index (χ0) is 50.7. The quantitative estimate of drug-likeness (QED) is 0.0261. The van der Waals surface area contributed by atoms with Gasteiger partial charge < -0.3 is 14.2 Å². The first-order chi connectivity index (χ1) is 34.5. The van der Waals surface area contributed by atoms with Gasteiger partial charge >= 0.3 is 17.9 Å². The van der Waals surface area contributed by atoms with Crippen LogP contribution < -0.4 is 0 Å². The second-order valence-electron chi connectivity index (χ2n) is 21.0. The van der Waals surface area contributed by atoms with E-state index in [1.54, 1.807) is 0 Å². The molecule has 0 aromatic heterocycles. The molecule has 0 aromatic carbocycles. The van der Waals surface area contributed by atoms with Crippen molar-refractivity contribution in [1.29, 1.82) is 0 Å². The number of hydrogen-bond donors (Lipinski definition) is 0. The predicted molar refractivity (Wildman–Crippen MR) is 302 cm³/mol. The molecule has 6 heteroatoms. The standard InChI is InChI=1S/C64H118O6/c1-4-7-10-13-16-19-22-25-27-29-30-31-32-33-34-36-37-39-42-45-48-51-54-57-63(66)69-60-61(59-68-62(65)56-53-50-47-44-41-24-21-18-15-12-9-6-3)70-64(67)58-55-52-49-46-43-40-38-35-28-26-23-20-17-14-11-8-5-2/h17,20,26,28-30,61H,4-16,18-19,21-25,27,31-60H2,1-3H3/b20-17-,28-26-,30-29-. The molecule has 0 fully saturated rings. The minimum Gasteiger partial charge on any atom is -0.462 e. The molecule has 1 atom stereocenters. The fraction of sp³-hybridized carbons (Fsp3) is 0.859. The summed E-state index contributed by atoms with van der Waals surface area (Å²) in [5, 5.41) is 0. The summed E-state index contributed by atoms with van der Waals surface area (Å²) in [6.45, 7) is 6.65. The van der Waals surface area contributed by atoms with Crippen molar-refractivity contribution in [2.24, 2.45) is 0 Å². The van der Waals surface area contributed by atoms with Crippen LogP contribution in [-0.4, -0.2) is 37.2 Å². The molecule has 0 aliphatic carbocycles. The lowest BCUT2D eigenvalue weighted by molar-refractivity contribution is -0.167. The highest BCUT2D eigenvalue weighted by Gasteiger charge is 2.19. The van der Waals surface area contributed by atoms with Gasteiger partial charge in [-0.05, 0) is 77.0 Å². The van der Waals surface area contributed by atoms with Crippen molar-refractivity contribution in [3.8, 4) is 0 Å². The van der Waals surface area contributed by atoms with Gasteiger partial charge in [-0.1, -0.05) is 276 Å². The topological polar surface area (TPSA) is 78.9 Å². The van der Waals surface area contributed by atoms with Gasteiger partial charge in [-0.15, -0.1) is 0 Å². The summed E-state index contributed by atoms with van der Waals surface area (Å²) in [6.07, 6.45) is 71.4. The molecule has 0 aliphatic heterocycles. The van der Waals surface area contributed by atoms with Crippen molar-refractivity contribution in [3.05, 3.63) is 36.5 Å². The SMILES string of the molecule is CCCCC/C=C\C/C=C\CCCCCCCCCC(=O)OC(COC(=O)CCCCCCCCCCCCCC)COC(=O)CCCCCCCCCCCCC/C=C\CCCCCCCCCC. The lowest BCUT2D eigenvalue weighted by Crippen LogP contribution is -2.30. The van der Waals surface area contributed by atoms with E-state index in [0.29, 0.717) is 19.3 Å². The van der Waals surface area contributed by atoms with Gasteiger partial charge in [0.1, 0.15) is 13.2 Å². The summed E-state index contributed by atoms with van der Waals surface area (Å²) in [5.74, 6) is -0.861. The third-order valence-electron chi connectivity index (χ3n) is 13.9. The maximum atomic E-state index is 12.9. The van der Waals surface area contributed by atoms with Crippen molar-refractivity contribution in [3.63, 3.8) is 0 Å². The number of carbonyl (C=O) groups excluding carboxylic acids is 3. The van der Waals surface area contributed by atoms with Gasteiger partial charge in [0.15, 0.2) is 6.10 Å². The molecule has 6 nitrogen and oxygen atoms in total. The van der Waals surface area contributed by atoms with Gasteiger partial charge in [-0.2, -0.15) is 0 Å². The molecule has 1 unspecified atom stereocenters. The Morgan fingerprint density at radius 3 is 0.829 bits per heavy atom. The minimum absolute atomic E-state index is 0.0716. The van der Waals surface area contributed by atoms with Crippen molar-refractivity contribution in [2.45, 2.75) is 341 Å². The normalized spacial score (nSPS) is 12.2. The van der Waals surface area contributed by atoms with Crippen molar-refractivity contribution in [2.75, 3.05) is 13.2 Å². The van der Waals surface area contributed by atoms with Gasteiger partial charge in [-0.3, -0.25) is 14.4 Å². The summed E-state index contributed by atoms with van der Waals surface area (Å²) in [4.78, 5) is 38.2. The van der Waals surface area contributed by atoms with E-state index >= 15 is 0 Å². The first-order valence-corrected chi connectivity index (χ1v) is 31.0. The highest BCUT2D eigenvalue weighted by atomic mass is 16.6. The van der Waals surface area contributed by atoms with E-state index in [4.69, 9.17) is 14.2 Å². The Morgan fingerprint density at radius 1 is 0.286 bits per heavy atom. The van der Waals surface area contributed by atoms with E-state index in [2.05, 4.69) is 57.2 Å². The maximum absolute atomic E-state index is 12.9. The zero-order valence-electron chi connectivity index (χ0n) is 47.1. The fourth-order valence-electron chi connectivity index (χ4n) is 9.18. The number of rotatable bonds is 57. The van der Waals surface area contributed by atoms with Crippen LogP contribution in [0.25, 0.3) is 0 Å². The highest BCUT2D eigenvalue weighted by Crippen LogP contribution is 2.17. The molecular formula is C64H118O6. The molecule has 0 heterocycles. The summed E-state index contributed by atoms with van der Waals surface area (Å²) in [5.41, 5.74) is 0. The molecule has 0 saturated heterocycles. The average molecular weight is 984 g/mol. The van der Waals surface area contributed by atoms with Crippen molar-refractivity contribution in [1.82, 2.24) is 0 Å². The summed E-state index contributed by atoms with van der Waals surface area (Å²) >= 11 is 0. The molecule has 410 valence electrons. The van der Waals surface area contributed by atoms with E-state index < -0.39 is 6.10 Å². The molecule has 0 spiro atoms. The Bertz CT molecular complexity index is 1170. The lowest BCUT2D eigenvalue weighted by Gasteiger charge is -2.18. The molecule has 0 rings (SSSR count). The number of esters is 3. The van der Waals surface area contributed by atoms with E-state index in [-0.39, 0.29) is 31.1 Å². The van der Waals surface area contributed by atoms with Crippen LogP contribution in [0.3, 0.4) is 0 Å². The molecule has 0 saturated carbocycles. The highest BCUT2D eigenvalue weighted by molar-refractivity contribution is 5.71. The van der Waals surface area contributed by atoms with Crippen LogP contribution in [0.1, 0.15) is 335 Å². The predicted octanol–water partition coefficient (Wildman–Crippen LogP) is 20.8. The van der Waals surface area contributed by atoms with E-state index in [0.717, 1.165) is 70.6 Å². The maximum Gasteiger partial charge on any atom is 0.306 e. The molecule has 0 aromatic rings. The third kappa shape index (κ3) is 56.5. The molecule has 0 radical (unpaired) electrons. The Kier molecular flexibility index (Phi) is 57.2. The van der Waals surface area contributed by atoms with Crippen LogP contribution in [-0.2, 0) is 28.6 Å². The minimum atomic E-state index is -0.774. The lowest BCUT2D eigenvalue weighted by atomic mass is 10.0. The Hall–Kier alpha value is -2.37. The first-order valence-electron chi connectivity index (χ1n) is 31.0. The number of unbranched alkanes of at least 4 members (excludes halogenated alkanes) is 40. The van der Waals surface area contributed by atoms with Crippen molar-refractivity contribution >= 4 is 17.9 Å². The summed E-state index contributed by atoms with van der Waals surface area (Å²) < 4.78 is 16.9. The molecule has 0 aliphatic rings. The van der Waals surface area contributed by atoms with Crippen LogP contribution in [0, 0.1) is 0 Å². The number of hydrogen-bond acceptors (Lipinski definition) is 6. The van der Waals surface area contributed by atoms with Crippen LogP contribution >= 0.6 is 0 Å². The van der Waals surface area contributed by atoms with Crippen LogP contribution in [0.5, 0.6) is 0 Å². The second kappa shape index (κ2) is 59.2. The second-order valence-corrected chi connectivity index (χ2v) is 21.0. The van der Waals surface area contributed by atoms with Gasteiger partial charge in [0.05, 0.1) is 0 Å². The first kappa shape index (κ1) is 67.6. The van der Waals surface area contributed by atoms with Gasteiger partial charge in [0.2, 0.25) is 0 Å². The third-order valence-corrected chi connectivity index (χ3v) is 13.9. The van der Waals surface area contributed by atoms with Gasteiger partial charge in [0.25, 0.3) is 0 Å². The summed E-state index contributed by atoms with van der Waals surface area (Å²) in [7, 11) is 0. The summed E-state index contributed by atoms with van der Waals surface area (Å²) in [6, 6.07) is 0. The van der Waals surface area contributed by atoms with E-state index in [1.165, 1.54) is 225 Å². The molecular weight excluding hydrogens is 865 g/mol. The number of allylic oxidation sites excluding steroid dienone is 6. The van der Waals surface area contributed by atoms with Crippen LogP contribution in [0.4, 0.5) is 0 Å². The fourth-order valence-corrected chi connectivity index (χ4v) is 9.18. The van der Waals surface area contributed by atoms with E-state index in [9.17, 15) is 14.4 Å². The smallest absolute Gasteiger partial charge is 0.306 e. The number of carbonyl (C=O) groups is 3. The van der Waals surface area contributed by atoms with Crippen molar-refractivity contribution < 1.29 is 28.6 Å². The van der Waals surface area contributed by atoms with Gasteiger partial charge in [0, 0.05) is 19.3 Å². The molecule has 70 heavy (non-hydrogen) atoms. The molecule has 0 bridgehead atoms. The van der Waals surface area contributed by atoms with Crippen LogP contribution in [0.2, 0.25) is 0 Å². The molecule has 0 amide bonds. The Balaban J connectivity index is 4.27. The molecule has 0 N–H and O–H groups in total. The number of ether oxygens (including phenoxy) is 3.